The van der Waals surface area contributed by atoms with Crippen LogP contribution in [-0.4, -0.2) is 34.5 Å². The Hall–Kier alpha value is -2.20. The first-order valence-electron chi connectivity index (χ1n) is 8.24. The molecule has 0 atom stereocenters. The summed E-state index contributed by atoms with van der Waals surface area (Å²) in [6.45, 7) is 3.71. The zero-order valence-electron chi connectivity index (χ0n) is 15.1. The number of halogens is 2. The van der Waals surface area contributed by atoms with Gasteiger partial charge in [-0.15, -0.1) is 5.10 Å². The molecule has 0 amide bonds. The Morgan fingerprint density at radius 1 is 1.11 bits per heavy atom. The Balaban J connectivity index is 1.78. The lowest BCUT2D eigenvalue weighted by molar-refractivity contribution is 0.541. The normalized spacial score (nSPS) is 11.7. The van der Waals surface area contributed by atoms with Crippen molar-refractivity contribution in [3.8, 4) is 5.82 Å². The summed E-state index contributed by atoms with van der Waals surface area (Å²) in [6, 6.07) is 9.16. The van der Waals surface area contributed by atoms with E-state index in [9.17, 15) is 13.2 Å². The topological polar surface area (TPSA) is 98.9 Å². The predicted octanol–water partition coefficient (Wildman–Crippen LogP) is 2.33. The van der Waals surface area contributed by atoms with Crippen LogP contribution in [0.5, 0.6) is 0 Å². The molecule has 0 fully saturated rings. The highest BCUT2D eigenvalue weighted by molar-refractivity contribution is 7.89. The molecule has 2 aromatic heterocycles. The van der Waals surface area contributed by atoms with Gasteiger partial charge in [0.05, 0.1) is 22.3 Å². The fourth-order valence-corrected chi connectivity index (χ4v) is 4.41. The molecule has 2 heterocycles. The van der Waals surface area contributed by atoms with Crippen LogP contribution >= 0.6 is 23.2 Å². The second-order valence-electron chi connectivity index (χ2n) is 6.04. The van der Waals surface area contributed by atoms with Crippen LogP contribution in [0.25, 0.3) is 5.82 Å². The minimum absolute atomic E-state index is 0.0311. The van der Waals surface area contributed by atoms with Crippen molar-refractivity contribution >= 4 is 33.2 Å². The summed E-state index contributed by atoms with van der Waals surface area (Å²) in [5.41, 5.74) is 1.33. The maximum absolute atomic E-state index is 12.4. The standard InChI is InChI=1S/C17H17Cl2N5O3S/c1-11-10-12(2)24(21-11)15-6-7-16(25)23(22-15)9-8-20-28(26,27)14-5-3-4-13(18)17(14)19/h3-7,10,20H,8-9H2,1-2H3. The maximum Gasteiger partial charge on any atom is 0.266 e. The summed E-state index contributed by atoms with van der Waals surface area (Å²) in [6.07, 6.45) is 0. The van der Waals surface area contributed by atoms with Crippen LogP contribution < -0.4 is 10.3 Å². The van der Waals surface area contributed by atoms with Gasteiger partial charge in [0.1, 0.15) is 4.90 Å². The maximum atomic E-state index is 12.4. The third-order valence-electron chi connectivity index (χ3n) is 3.90. The highest BCUT2D eigenvalue weighted by Gasteiger charge is 2.19. The van der Waals surface area contributed by atoms with Crippen molar-refractivity contribution in [2.75, 3.05) is 6.54 Å². The predicted molar refractivity (Wildman–Crippen MR) is 107 cm³/mol. The van der Waals surface area contributed by atoms with Crippen LogP contribution in [0, 0.1) is 13.8 Å². The molecule has 0 radical (unpaired) electrons. The lowest BCUT2D eigenvalue weighted by Crippen LogP contribution is -2.32. The fourth-order valence-electron chi connectivity index (χ4n) is 2.63. The number of benzene rings is 1. The molecular formula is C17H17Cl2N5O3S. The molecule has 0 saturated carbocycles. The highest BCUT2D eigenvalue weighted by Crippen LogP contribution is 2.28. The Morgan fingerprint density at radius 3 is 2.54 bits per heavy atom. The van der Waals surface area contributed by atoms with Crippen molar-refractivity contribution in [1.29, 1.82) is 0 Å². The molecule has 0 aliphatic carbocycles. The van der Waals surface area contributed by atoms with E-state index in [0.717, 1.165) is 11.4 Å². The average molecular weight is 442 g/mol. The first kappa shape index (κ1) is 20.5. The van der Waals surface area contributed by atoms with Gasteiger partial charge in [-0.2, -0.15) is 5.10 Å². The van der Waals surface area contributed by atoms with E-state index in [1.165, 1.54) is 28.9 Å². The van der Waals surface area contributed by atoms with Gasteiger partial charge >= 0.3 is 0 Å². The molecule has 3 rings (SSSR count). The Bertz CT molecular complexity index is 1190. The summed E-state index contributed by atoms with van der Waals surface area (Å²) in [5, 5.41) is 8.67. The van der Waals surface area contributed by atoms with E-state index in [4.69, 9.17) is 23.2 Å². The molecular weight excluding hydrogens is 425 g/mol. The smallest absolute Gasteiger partial charge is 0.266 e. The molecule has 1 N–H and O–H groups in total. The van der Waals surface area contributed by atoms with Crippen molar-refractivity contribution in [3.05, 3.63) is 68.2 Å². The lowest BCUT2D eigenvalue weighted by Gasteiger charge is -2.11. The second-order valence-corrected chi connectivity index (χ2v) is 8.56. The summed E-state index contributed by atoms with van der Waals surface area (Å²) in [4.78, 5) is 11.9. The van der Waals surface area contributed by atoms with E-state index in [1.54, 1.807) is 10.7 Å². The van der Waals surface area contributed by atoms with E-state index in [-0.39, 0.29) is 33.6 Å². The van der Waals surface area contributed by atoms with Gasteiger partial charge < -0.3 is 0 Å². The third-order valence-corrected chi connectivity index (χ3v) is 6.33. The van der Waals surface area contributed by atoms with E-state index in [0.29, 0.717) is 5.82 Å². The average Bonchev–Trinajstić information content (AvgIpc) is 2.97. The molecule has 0 bridgehead atoms. The molecule has 0 aliphatic rings. The number of aryl methyl sites for hydroxylation is 2. The Labute approximate surface area is 171 Å². The molecule has 1 aromatic carbocycles. The third kappa shape index (κ3) is 4.27. The molecule has 148 valence electrons. The minimum Gasteiger partial charge on any atom is -0.268 e. The van der Waals surface area contributed by atoms with Crippen LogP contribution in [0.2, 0.25) is 10.0 Å². The van der Waals surface area contributed by atoms with Gasteiger partial charge in [0, 0.05) is 18.3 Å². The number of aromatic nitrogens is 4. The second kappa shape index (κ2) is 8.04. The number of sulfonamides is 1. The van der Waals surface area contributed by atoms with Gasteiger partial charge in [-0.25, -0.2) is 22.5 Å². The van der Waals surface area contributed by atoms with Crippen LogP contribution in [0.4, 0.5) is 0 Å². The quantitative estimate of drug-likeness (QED) is 0.632. The van der Waals surface area contributed by atoms with Gasteiger partial charge in [0.2, 0.25) is 10.0 Å². The van der Waals surface area contributed by atoms with Gasteiger partial charge in [0.25, 0.3) is 5.56 Å². The van der Waals surface area contributed by atoms with E-state index < -0.39 is 10.0 Å². The number of hydrogen-bond donors (Lipinski definition) is 1. The summed E-state index contributed by atoms with van der Waals surface area (Å²) in [7, 11) is -3.89. The molecule has 0 saturated heterocycles. The first-order chi connectivity index (χ1) is 13.2. The van der Waals surface area contributed by atoms with Gasteiger partial charge in [-0.05, 0) is 38.1 Å². The molecule has 3 aromatic rings. The SMILES string of the molecule is Cc1cc(C)n(-c2ccc(=O)n(CCNS(=O)(=O)c3cccc(Cl)c3Cl)n2)n1. The van der Waals surface area contributed by atoms with Crippen molar-refractivity contribution in [1.82, 2.24) is 24.3 Å². The van der Waals surface area contributed by atoms with Crippen molar-refractivity contribution in [2.24, 2.45) is 0 Å². The summed E-state index contributed by atoms with van der Waals surface area (Å²) >= 11 is 11.8. The van der Waals surface area contributed by atoms with Crippen LogP contribution in [0.15, 0.2) is 46.1 Å². The van der Waals surface area contributed by atoms with Crippen LogP contribution in [-0.2, 0) is 16.6 Å². The fraction of sp³-hybridized carbons (Fsp3) is 0.235. The zero-order valence-corrected chi connectivity index (χ0v) is 17.4. The van der Waals surface area contributed by atoms with Gasteiger partial charge in [-0.3, -0.25) is 4.79 Å². The Morgan fingerprint density at radius 2 is 1.86 bits per heavy atom. The van der Waals surface area contributed by atoms with Crippen molar-refractivity contribution in [3.63, 3.8) is 0 Å². The van der Waals surface area contributed by atoms with Gasteiger partial charge in [0.15, 0.2) is 5.82 Å². The largest absolute Gasteiger partial charge is 0.268 e. The molecule has 0 spiro atoms. The summed E-state index contributed by atoms with van der Waals surface area (Å²) < 4.78 is 30.1. The van der Waals surface area contributed by atoms with Crippen LogP contribution in [0.3, 0.4) is 0 Å². The number of nitrogens with one attached hydrogen (secondary N) is 1. The zero-order chi connectivity index (χ0) is 20.5. The first-order valence-corrected chi connectivity index (χ1v) is 10.5. The molecule has 0 unspecified atom stereocenters. The molecule has 8 nitrogen and oxygen atoms in total. The lowest BCUT2D eigenvalue weighted by atomic mass is 10.4. The van der Waals surface area contributed by atoms with Crippen molar-refractivity contribution in [2.45, 2.75) is 25.3 Å². The Kier molecular flexibility index (Phi) is 5.90. The van der Waals surface area contributed by atoms with E-state index >= 15 is 0 Å². The van der Waals surface area contributed by atoms with E-state index in [2.05, 4.69) is 14.9 Å². The van der Waals surface area contributed by atoms with Crippen molar-refractivity contribution < 1.29 is 8.42 Å². The van der Waals surface area contributed by atoms with Crippen LogP contribution in [0.1, 0.15) is 11.4 Å². The molecule has 28 heavy (non-hydrogen) atoms. The number of hydrogen-bond acceptors (Lipinski definition) is 5. The monoisotopic (exact) mass is 441 g/mol. The summed E-state index contributed by atoms with van der Waals surface area (Å²) in [5.74, 6) is 0.464. The highest BCUT2D eigenvalue weighted by atomic mass is 35.5. The number of nitrogens with zero attached hydrogens (tertiary/aromatic N) is 4. The number of rotatable bonds is 6. The molecule has 0 aliphatic heterocycles. The minimum atomic E-state index is -3.89. The van der Waals surface area contributed by atoms with Gasteiger partial charge in [-0.1, -0.05) is 29.3 Å². The molecule has 11 heteroatoms. The van der Waals surface area contributed by atoms with E-state index in [1.807, 2.05) is 19.9 Å².